The summed E-state index contributed by atoms with van der Waals surface area (Å²) >= 11 is 0. The molecule has 1 aromatic heterocycles. The predicted octanol–water partition coefficient (Wildman–Crippen LogP) is 4.91. The first kappa shape index (κ1) is 19.2. The van der Waals surface area contributed by atoms with E-state index in [0.717, 1.165) is 48.1 Å². The summed E-state index contributed by atoms with van der Waals surface area (Å²) in [5, 5.41) is 3.03. The Bertz CT molecular complexity index is 1010. The van der Waals surface area contributed by atoms with Crippen LogP contribution in [-0.2, 0) is 23.1 Å². The van der Waals surface area contributed by atoms with Gasteiger partial charge >= 0.3 is 0 Å². The van der Waals surface area contributed by atoms with Crippen molar-refractivity contribution in [2.24, 2.45) is 0 Å². The van der Waals surface area contributed by atoms with E-state index in [4.69, 9.17) is 4.74 Å². The number of nitrogens with one attached hydrogen (secondary N) is 1. The first-order valence-corrected chi connectivity index (χ1v) is 10.1. The highest BCUT2D eigenvalue weighted by molar-refractivity contribution is 6.01. The van der Waals surface area contributed by atoms with Crippen LogP contribution in [0.15, 0.2) is 66.9 Å². The molecule has 0 radical (unpaired) electrons. The van der Waals surface area contributed by atoms with E-state index >= 15 is 0 Å². The lowest BCUT2D eigenvalue weighted by Gasteiger charge is -2.18. The van der Waals surface area contributed by atoms with Gasteiger partial charge in [0.2, 0.25) is 5.91 Å². The minimum absolute atomic E-state index is 0.0448. The van der Waals surface area contributed by atoms with E-state index in [9.17, 15) is 4.79 Å². The van der Waals surface area contributed by atoms with E-state index in [-0.39, 0.29) is 5.91 Å². The lowest BCUT2D eigenvalue weighted by Crippen LogP contribution is -2.29. The highest BCUT2D eigenvalue weighted by Crippen LogP contribution is 2.50. The van der Waals surface area contributed by atoms with Crippen LogP contribution in [0.2, 0.25) is 0 Å². The van der Waals surface area contributed by atoms with Crippen LogP contribution in [0.25, 0.3) is 0 Å². The van der Waals surface area contributed by atoms with Crippen molar-refractivity contribution in [3.63, 3.8) is 0 Å². The van der Waals surface area contributed by atoms with Crippen molar-refractivity contribution < 1.29 is 9.53 Å². The Morgan fingerprint density at radius 3 is 2.41 bits per heavy atom. The highest BCUT2D eigenvalue weighted by atomic mass is 16.5. The first-order chi connectivity index (χ1) is 14.2. The minimum Gasteiger partial charge on any atom is -0.496 e. The third kappa shape index (κ3) is 3.88. The van der Waals surface area contributed by atoms with Crippen LogP contribution in [0, 0.1) is 0 Å². The zero-order chi connectivity index (χ0) is 20.3. The van der Waals surface area contributed by atoms with Crippen LogP contribution < -0.4 is 10.1 Å². The van der Waals surface area contributed by atoms with E-state index in [2.05, 4.69) is 35.4 Å². The van der Waals surface area contributed by atoms with Crippen molar-refractivity contribution in [1.82, 2.24) is 4.98 Å². The van der Waals surface area contributed by atoms with Gasteiger partial charge in [0, 0.05) is 12.6 Å². The lowest BCUT2D eigenvalue weighted by atomic mass is 9.89. The predicted molar refractivity (Wildman–Crippen MR) is 115 cm³/mol. The Hall–Kier alpha value is -3.14. The largest absolute Gasteiger partial charge is 0.496 e. The van der Waals surface area contributed by atoms with Crippen LogP contribution in [0.4, 0.5) is 5.82 Å². The minimum atomic E-state index is -0.398. The van der Waals surface area contributed by atoms with Crippen molar-refractivity contribution in [2.75, 3.05) is 12.4 Å². The molecule has 1 fully saturated rings. The summed E-state index contributed by atoms with van der Waals surface area (Å²) in [7, 11) is 1.68. The van der Waals surface area contributed by atoms with Crippen molar-refractivity contribution in [1.29, 1.82) is 0 Å². The van der Waals surface area contributed by atoms with E-state index in [1.807, 2.05) is 48.7 Å². The molecule has 1 aliphatic carbocycles. The Morgan fingerprint density at radius 1 is 1.03 bits per heavy atom. The van der Waals surface area contributed by atoms with Gasteiger partial charge in [-0.1, -0.05) is 55.5 Å². The molecule has 0 bridgehead atoms. The smallest absolute Gasteiger partial charge is 0.236 e. The maximum atomic E-state index is 13.1. The van der Waals surface area contributed by atoms with Gasteiger partial charge in [-0.25, -0.2) is 4.98 Å². The molecule has 3 aromatic rings. The van der Waals surface area contributed by atoms with Gasteiger partial charge in [-0.3, -0.25) is 4.79 Å². The van der Waals surface area contributed by atoms with Gasteiger partial charge in [0.15, 0.2) is 0 Å². The number of methoxy groups -OCH3 is 1. The number of rotatable bonds is 7. The Kier molecular flexibility index (Phi) is 5.34. The normalized spacial score (nSPS) is 14.3. The van der Waals surface area contributed by atoms with Gasteiger partial charge in [-0.2, -0.15) is 0 Å². The number of amides is 1. The zero-order valence-corrected chi connectivity index (χ0v) is 16.9. The number of hydrogen-bond acceptors (Lipinski definition) is 3. The number of anilines is 1. The molecule has 0 unspecified atom stereocenters. The van der Waals surface area contributed by atoms with Gasteiger partial charge in [-0.15, -0.1) is 0 Å². The number of hydrogen-bond donors (Lipinski definition) is 1. The number of aromatic nitrogens is 1. The number of carbonyl (C=O) groups excluding carboxylic acids is 1. The molecule has 1 heterocycles. The van der Waals surface area contributed by atoms with Crippen molar-refractivity contribution in [3.05, 3.63) is 89.1 Å². The van der Waals surface area contributed by atoms with Gasteiger partial charge in [0.1, 0.15) is 11.6 Å². The van der Waals surface area contributed by atoms with Crippen LogP contribution in [0.5, 0.6) is 5.75 Å². The standard InChI is InChI=1S/C25H26N2O2/c1-3-19-8-4-6-10-21(19)25(14-15-25)24(28)27-23-13-12-18(17-26-23)16-20-9-5-7-11-22(20)29-2/h4-13,17H,3,14-16H2,1-2H3,(H,26,27,28). The summed E-state index contributed by atoms with van der Waals surface area (Å²) < 4.78 is 5.42. The molecular formula is C25H26N2O2. The second-order valence-corrected chi connectivity index (χ2v) is 7.59. The van der Waals surface area contributed by atoms with Crippen molar-refractivity contribution in [2.45, 2.75) is 38.0 Å². The second-order valence-electron chi connectivity index (χ2n) is 7.59. The molecule has 2 aromatic carbocycles. The summed E-state index contributed by atoms with van der Waals surface area (Å²) in [6.45, 7) is 2.13. The number of carbonyl (C=O) groups is 1. The Balaban J connectivity index is 1.47. The quantitative estimate of drug-likeness (QED) is 0.627. The molecule has 29 heavy (non-hydrogen) atoms. The van der Waals surface area contributed by atoms with Crippen LogP contribution in [-0.4, -0.2) is 18.0 Å². The molecule has 148 valence electrons. The number of nitrogens with zero attached hydrogens (tertiary/aromatic N) is 1. The molecule has 1 aliphatic rings. The molecule has 0 spiro atoms. The molecule has 1 amide bonds. The van der Waals surface area contributed by atoms with Crippen molar-refractivity contribution >= 4 is 11.7 Å². The fourth-order valence-electron chi connectivity index (χ4n) is 3.95. The summed E-state index contributed by atoms with van der Waals surface area (Å²) in [6, 6.07) is 20.1. The van der Waals surface area contributed by atoms with E-state index in [1.165, 1.54) is 5.56 Å². The van der Waals surface area contributed by atoms with Crippen LogP contribution in [0.3, 0.4) is 0 Å². The Labute approximate surface area is 172 Å². The maximum absolute atomic E-state index is 13.1. The molecular weight excluding hydrogens is 360 g/mol. The third-order valence-electron chi connectivity index (χ3n) is 5.75. The molecule has 1 N–H and O–H groups in total. The van der Waals surface area contributed by atoms with Crippen LogP contribution >= 0.6 is 0 Å². The fourth-order valence-corrected chi connectivity index (χ4v) is 3.95. The topological polar surface area (TPSA) is 51.2 Å². The number of pyridine rings is 1. The molecule has 1 saturated carbocycles. The van der Waals surface area contributed by atoms with Gasteiger partial charge in [-0.05, 0) is 53.6 Å². The van der Waals surface area contributed by atoms with Gasteiger partial charge in [0.25, 0.3) is 0 Å². The maximum Gasteiger partial charge on any atom is 0.236 e. The number of para-hydroxylation sites is 1. The van der Waals surface area contributed by atoms with E-state index < -0.39 is 5.41 Å². The molecule has 4 heteroatoms. The summed E-state index contributed by atoms with van der Waals surface area (Å²) in [5.41, 5.74) is 4.20. The average Bonchev–Trinajstić information content (AvgIpc) is 3.57. The first-order valence-electron chi connectivity index (χ1n) is 10.1. The zero-order valence-electron chi connectivity index (χ0n) is 16.9. The number of aryl methyl sites for hydroxylation is 1. The molecule has 0 aliphatic heterocycles. The van der Waals surface area contributed by atoms with Gasteiger partial charge < -0.3 is 10.1 Å². The molecule has 0 saturated heterocycles. The summed E-state index contributed by atoms with van der Waals surface area (Å²) in [4.78, 5) is 17.5. The van der Waals surface area contributed by atoms with Crippen LogP contribution in [0.1, 0.15) is 42.0 Å². The number of benzene rings is 2. The third-order valence-corrected chi connectivity index (χ3v) is 5.75. The fraction of sp³-hybridized carbons (Fsp3) is 0.280. The Morgan fingerprint density at radius 2 is 1.76 bits per heavy atom. The summed E-state index contributed by atoms with van der Waals surface area (Å²) in [5.74, 6) is 1.51. The number of ether oxygens (including phenoxy) is 1. The second kappa shape index (κ2) is 8.08. The van der Waals surface area contributed by atoms with Gasteiger partial charge in [0.05, 0.1) is 12.5 Å². The molecule has 0 atom stereocenters. The lowest BCUT2D eigenvalue weighted by molar-refractivity contribution is -0.118. The summed E-state index contributed by atoms with van der Waals surface area (Å²) in [6.07, 6.45) is 5.27. The highest BCUT2D eigenvalue weighted by Gasteiger charge is 2.52. The van der Waals surface area contributed by atoms with Crippen molar-refractivity contribution in [3.8, 4) is 5.75 Å². The molecule has 4 rings (SSSR count). The SMILES string of the molecule is CCc1ccccc1C1(C(=O)Nc2ccc(Cc3ccccc3OC)cn2)CC1. The molecule has 4 nitrogen and oxygen atoms in total. The average molecular weight is 386 g/mol. The van der Waals surface area contributed by atoms with E-state index in [1.54, 1.807) is 7.11 Å². The van der Waals surface area contributed by atoms with E-state index in [0.29, 0.717) is 5.82 Å². The monoisotopic (exact) mass is 386 g/mol.